The van der Waals surface area contributed by atoms with E-state index in [4.69, 9.17) is 0 Å². The van der Waals surface area contributed by atoms with Gasteiger partial charge in [-0.05, 0) is 0 Å². The van der Waals surface area contributed by atoms with Crippen molar-refractivity contribution in [1.29, 1.82) is 0 Å². The Bertz CT molecular complexity index is 504. The zero-order valence-electron chi connectivity index (χ0n) is 19.7. The van der Waals surface area contributed by atoms with Crippen LogP contribution in [-0.4, -0.2) is 0 Å². The highest BCUT2D eigenvalue weighted by molar-refractivity contribution is 4.41. The summed E-state index contributed by atoms with van der Waals surface area (Å²) in [6, 6.07) is 0. The van der Waals surface area contributed by atoms with E-state index in [0.717, 1.165) is 12.5 Å². The molecule has 0 fully saturated rings. The highest BCUT2D eigenvalue weighted by Crippen LogP contribution is 1.96. The van der Waals surface area contributed by atoms with Crippen LogP contribution in [0.15, 0.2) is 25.7 Å². The van der Waals surface area contributed by atoms with Gasteiger partial charge >= 0.3 is 0 Å². The standard InChI is InChI=1S/C4H6O42/c1-3-5-7-9-11-13-15-17-19-21-23-25-27-29-31-33-35-37-39-41-43-45-46-44-42-40-38-36-34-32-30-28-26-24-22-20-18-16-14-12-10-8-6-4-2/h3-4H,1-2H2. The van der Waals surface area contributed by atoms with Crippen molar-refractivity contribution in [3.05, 3.63) is 25.7 Å². The lowest BCUT2D eigenvalue weighted by molar-refractivity contribution is -0.909. The van der Waals surface area contributed by atoms with E-state index in [1.165, 1.54) is 0 Å². The van der Waals surface area contributed by atoms with Gasteiger partial charge in [0.1, 0.15) is 12.5 Å². The molecule has 0 saturated heterocycles. The SMILES string of the molecule is C=COOOOOOOOOOOOOOOOOOOOOOOOOOOOOOOOOOOOOOOOOOC=C. The average molecular weight is 726 g/mol. The average Bonchev–Trinajstić information content (AvgIpc) is 3.07. The zero-order valence-corrected chi connectivity index (χ0v) is 19.7. The van der Waals surface area contributed by atoms with Crippen molar-refractivity contribution < 1.29 is 211 Å². The molecule has 0 bridgehead atoms. The van der Waals surface area contributed by atoms with E-state index in [0.29, 0.717) is 0 Å². The fraction of sp³-hybridized carbons (Fsp3) is 0. The maximum Gasteiger partial charge on any atom is 0.125 e. The maximum absolute atomic E-state index is 3.93. The molecule has 0 spiro atoms. The Balaban J connectivity index is 3.04. The first-order valence-electron chi connectivity index (χ1n) is 8.12. The summed E-state index contributed by atoms with van der Waals surface area (Å²) in [5, 5.41) is 141. The molecule has 274 valence electrons. The van der Waals surface area contributed by atoms with Crippen molar-refractivity contribution in [2.75, 3.05) is 0 Å². The van der Waals surface area contributed by atoms with Crippen LogP contribution < -0.4 is 0 Å². The highest BCUT2D eigenvalue weighted by Gasteiger charge is 2.03. The van der Waals surface area contributed by atoms with Crippen LogP contribution in [0.25, 0.3) is 0 Å². The minimum absolute atomic E-state index is 0.817. The van der Waals surface area contributed by atoms with Gasteiger partial charge in [-0.15, -0.1) is 0 Å². The van der Waals surface area contributed by atoms with Crippen molar-refractivity contribution in [3.8, 4) is 0 Å². The quantitative estimate of drug-likeness (QED) is 0.0298. The summed E-state index contributed by atoms with van der Waals surface area (Å²) >= 11 is 0. The first kappa shape index (κ1) is 43.5. The summed E-state index contributed by atoms with van der Waals surface area (Å²) < 4.78 is 0. The van der Waals surface area contributed by atoms with E-state index in [2.05, 4.69) is 224 Å². The first-order chi connectivity index (χ1) is 22.9. The van der Waals surface area contributed by atoms with Gasteiger partial charge in [-0.3, -0.25) is 0 Å². The van der Waals surface area contributed by atoms with Gasteiger partial charge in [0, 0.05) is 202 Å². The molecule has 0 aliphatic heterocycles. The zero-order chi connectivity index (χ0) is 33.1. The molecule has 0 unspecified atom stereocenters. The molecule has 0 amide bonds. The first-order valence-corrected chi connectivity index (χ1v) is 8.12. The summed E-state index contributed by atoms with van der Waals surface area (Å²) in [5.41, 5.74) is 0. The molecule has 0 aromatic heterocycles. The second-order valence-corrected chi connectivity index (χ2v) is 3.25. The third-order valence-electron chi connectivity index (χ3n) is 1.30. The van der Waals surface area contributed by atoms with Crippen LogP contribution in [0.1, 0.15) is 0 Å². The molecular weight excluding hydrogens is 720 g/mol. The van der Waals surface area contributed by atoms with Crippen molar-refractivity contribution in [3.63, 3.8) is 0 Å². The van der Waals surface area contributed by atoms with Gasteiger partial charge in [-0.1, -0.05) is 13.2 Å². The minimum atomic E-state index is 0.817. The fourth-order valence-corrected chi connectivity index (χ4v) is 0.519. The van der Waals surface area contributed by atoms with Crippen molar-refractivity contribution in [1.82, 2.24) is 0 Å². The van der Waals surface area contributed by atoms with Crippen LogP contribution in [0.3, 0.4) is 0 Å². The van der Waals surface area contributed by atoms with Crippen LogP contribution in [0.2, 0.25) is 0 Å². The van der Waals surface area contributed by atoms with Crippen LogP contribution in [0.4, 0.5) is 0 Å². The highest BCUT2D eigenvalue weighted by atomic mass is 18.0. The molecule has 0 radical (unpaired) electrons. The van der Waals surface area contributed by atoms with Crippen LogP contribution in [-0.2, 0) is 211 Å². The lowest BCUT2D eigenvalue weighted by atomic mass is 11.2. The van der Waals surface area contributed by atoms with Crippen molar-refractivity contribution >= 4 is 0 Å². The fourth-order valence-electron chi connectivity index (χ4n) is 0.519. The molecule has 0 atom stereocenters. The molecule has 0 heterocycles. The van der Waals surface area contributed by atoms with Gasteiger partial charge in [0.15, 0.2) is 0 Å². The molecule has 0 rings (SSSR count). The second-order valence-electron chi connectivity index (χ2n) is 3.25. The van der Waals surface area contributed by atoms with Crippen molar-refractivity contribution in [2.24, 2.45) is 0 Å². The van der Waals surface area contributed by atoms with Gasteiger partial charge in [0.2, 0.25) is 0 Å². The van der Waals surface area contributed by atoms with Gasteiger partial charge < -0.3 is 9.78 Å². The lowest BCUT2D eigenvalue weighted by Gasteiger charge is -2.00. The van der Waals surface area contributed by atoms with Gasteiger partial charge in [-0.25, -0.2) is 0 Å². The normalized spacial score (nSPS) is 11.2. The molecule has 0 aliphatic rings. The molecule has 42 heteroatoms. The van der Waals surface area contributed by atoms with E-state index in [1.54, 1.807) is 0 Å². The molecular formula is C4H6O42. The Labute approximate surface area is 238 Å². The van der Waals surface area contributed by atoms with Crippen LogP contribution >= 0.6 is 0 Å². The summed E-state index contributed by atoms with van der Waals surface area (Å²) in [6.07, 6.45) is 1.63. The Morgan fingerprint density at radius 1 is 0.152 bits per heavy atom. The number of rotatable bonds is 43. The van der Waals surface area contributed by atoms with Gasteiger partial charge in [0.25, 0.3) is 0 Å². The summed E-state index contributed by atoms with van der Waals surface area (Å²) in [4.78, 5) is 7.86. The maximum atomic E-state index is 3.93. The smallest absolute Gasteiger partial charge is 0.125 e. The monoisotopic (exact) mass is 726 g/mol. The topological polar surface area (TPSA) is 388 Å². The van der Waals surface area contributed by atoms with E-state index >= 15 is 0 Å². The summed E-state index contributed by atoms with van der Waals surface area (Å²) in [7, 11) is 0. The Kier molecular flexibility index (Phi) is 40.2. The van der Waals surface area contributed by atoms with E-state index < -0.39 is 0 Å². The predicted molar refractivity (Wildman–Crippen MR) is 66.0 cm³/mol. The molecule has 42 nitrogen and oxygen atoms in total. The van der Waals surface area contributed by atoms with Crippen LogP contribution in [0.5, 0.6) is 0 Å². The van der Waals surface area contributed by atoms with Gasteiger partial charge in [-0.2, -0.15) is 0 Å². The molecule has 0 saturated carbocycles. The predicted octanol–water partition coefficient (Wildman–Crippen LogP) is -1.51. The third-order valence-corrected chi connectivity index (χ3v) is 1.30. The summed E-state index contributed by atoms with van der Waals surface area (Å²) in [6.45, 7) is 6.13. The van der Waals surface area contributed by atoms with Crippen molar-refractivity contribution in [2.45, 2.75) is 0 Å². The Morgan fingerprint density at radius 3 is 0.326 bits per heavy atom. The molecule has 46 heavy (non-hydrogen) atoms. The largest absolute Gasteiger partial charge is 0.315 e. The number of hydrogen-bond donors (Lipinski definition) is 0. The second kappa shape index (κ2) is 42.5. The Morgan fingerprint density at radius 2 is 0.239 bits per heavy atom. The summed E-state index contributed by atoms with van der Waals surface area (Å²) in [5.74, 6) is 0. The van der Waals surface area contributed by atoms with E-state index in [9.17, 15) is 0 Å². The van der Waals surface area contributed by atoms with E-state index in [1.807, 2.05) is 0 Å². The molecule has 0 N–H and O–H groups in total. The number of hydrogen-bond acceptors (Lipinski definition) is 42. The molecule has 0 aromatic carbocycles. The Hall–Kier alpha value is -2.52. The third kappa shape index (κ3) is 41.5. The minimum Gasteiger partial charge on any atom is -0.315 e. The van der Waals surface area contributed by atoms with E-state index in [-0.39, 0.29) is 0 Å². The van der Waals surface area contributed by atoms with Crippen LogP contribution in [0, 0.1) is 0 Å². The molecule has 0 aliphatic carbocycles. The van der Waals surface area contributed by atoms with Gasteiger partial charge in [0.05, 0.1) is 0 Å². The lowest BCUT2D eigenvalue weighted by Crippen LogP contribution is -2.06. The molecule has 0 aromatic rings.